The monoisotopic (exact) mass is 341 g/mol. The van der Waals surface area contributed by atoms with Gasteiger partial charge < -0.3 is 15.0 Å². The quantitative estimate of drug-likeness (QED) is 0.919. The fourth-order valence-corrected chi connectivity index (χ4v) is 3.42. The number of amides is 2. The number of carbonyl (C=O) groups is 1. The summed E-state index contributed by atoms with van der Waals surface area (Å²) in [7, 11) is 0. The zero-order valence-electron chi connectivity index (χ0n) is 12.9. The van der Waals surface area contributed by atoms with Gasteiger partial charge in [-0.15, -0.1) is 0 Å². The van der Waals surface area contributed by atoms with Gasteiger partial charge >= 0.3 is 6.03 Å². The van der Waals surface area contributed by atoms with Crippen LogP contribution in [-0.4, -0.2) is 61.3 Å². The van der Waals surface area contributed by atoms with Crippen molar-refractivity contribution < 1.29 is 13.9 Å². The second-order valence-corrected chi connectivity index (χ2v) is 6.43. The number of nitrogens with zero attached hydrogens (tertiary/aromatic N) is 2. The predicted octanol–water partition coefficient (Wildman–Crippen LogP) is 2.81. The van der Waals surface area contributed by atoms with Crippen molar-refractivity contribution in [2.45, 2.75) is 18.9 Å². The van der Waals surface area contributed by atoms with Crippen LogP contribution in [0.2, 0.25) is 5.02 Å². The van der Waals surface area contributed by atoms with E-state index >= 15 is 0 Å². The van der Waals surface area contributed by atoms with Gasteiger partial charge in [-0.2, -0.15) is 0 Å². The number of carbonyl (C=O) groups excluding carboxylic acids is 1. The Morgan fingerprint density at radius 2 is 2.09 bits per heavy atom. The van der Waals surface area contributed by atoms with Crippen LogP contribution in [0.15, 0.2) is 18.2 Å². The van der Waals surface area contributed by atoms with Gasteiger partial charge in [-0.1, -0.05) is 11.6 Å². The zero-order valence-corrected chi connectivity index (χ0v) is 13.7. The molecule has 3 rings (SSSR count). The van der Waals surface area contributed by atoms with E-state index in [9.17, 15) is 9.18 Å². The number of nitrogens with one attached hydrogen (secondary N) is 1. The number of hydrogen-bond acceptors (Lipinski definition) is 3. The largest absolute Gasteiger partial charge is 0.379 e. The lowest BCUT2D eigenvalue weighted by Crippen LogP contribution is -2.47. The first-order valence-electron chi connectivity index (χ1n) is 7.95. The Kier molecular flexibility index (Phi) is 5.35. The third kappa shape index (κ3) is 4.34. The molecule has 1 N–H and O–H groups in total. The van der Waals surface area contributed by atoms with Crippen LogP contribution in [0.3, 0.4) is 0 Å². The number of halogens is 2. The molecule has 0 aromatic heterocycles. The van der Waals surface area contributed by atoms with Gasteiger partial charge in [-0.25, -0.2) is 9.18 Å². The van der Waals surface area contributed by atoms with Crippen LogP contribution in [-0.2, 0) is 4.74 Å². The van der Waals surface area contributed by atoms with Crippen molar-refractivity contribution in [1.29, 1.82) is 0 Å². The van der Waals surface area contributed by atoms with Crippen molar-refractivity contribution in [3.63, 3.8) is 0 Å². The first-order valence-corrected chi connectivity index (χ1v) is 8.33. The van der Waals surface area contributed by atoms with E-state index in [1.54, 1.807) is 6.07 Å². The SMILES string of the molecule is O=C(Nc1cc(F)cc(Cl)c1)N1CCC[C@H]1CN1CCOCC1. The number of benzene rings is 1. The van der Waals surface area contributed by atoms with Crippen molar-refractivity contribution in [3.05, 3.63) is 29.0 Å². The van der Waals surface area contributed by atoms with Gasteiger partial charge in [0.1, 0.15) is 5.82 Å². The highest BCUT2D eigenvalue weighted by molar-refractivity contribution is 6.30. The van der Waals surface area contributed by atoms with Crippen molar-refractivity contribution in [2.24, 2.45) is 0 Å². The van der Waals surface area contributed by atoms with Crippen LogP contribution in [0.1, 0.15) is 12.8 Å². The fraction of sp³-hybridized carbons (Fsp3) is 0.562. The summed E-state index contributed by atoms with van der Waals surface area (Å²) < 4.78 is 18.7. The second-order valence-electron chi connectivity index (χ2n) is 5.99. The van der Waals surface area contributed by atoms with Gasteiger partial charge in [0.05, 0.1) is 13.2 Å². The summed E-state index contributed by atoms with van der Waals surface area (Å²) in [5, 5.41) is 3.02. The third-order valence-corrected chi connectivity index (χ3v) is 4.54. The molecule has 1 aromatic rings. The molecule has 23 heavy (non-hydrogen) atoms. The Balaban J connectivity index is 1.60. The Hall–Kier alpha value is -1.37. The van der Waals surface area contributed by atoms with Crippen molar-refractivity contribution in [1.82, 2.24) is 9.80 Å². The minimum Gasteiger partial charge on any atom is -0.379 e. The molecule has 5 nitrogen and oxygen atoms in total. The van der Waals surface area contributed by atoms with E-state index in [2.05, 4.69) is 10.2 Å². The minimum absolute atomic E-state index is 0.192. The van der Waals surface area contributed by atoms with E-state index in [4.69, 9.17) is 16.3 Å². The average molecular weight is 342 g/mol. The normalized spacial score (nSPS) is 22.3. The van der Waals surface area contributed by atoms with Gasteiger partial charge in [-0.3, -0.25) is 4.90 Å². The zero-order chi connectivity index (χ0) is 16.2. The molecule has 2 aliphatic heterocycles. The summed E-state index contributed by atoms with van der Waals surface area (Å²) in [5.41, 5.74) is 0.386. The van der Waals surface area contributed by atoms with Crippen LogP contribution in [0.4, 0.5) is 14.9 Å². The molecule has 7 heteroatoms. The summed E-state index contributed by atoms with van der Waals surface area (Å²) in [5.74, 6) is -0.459. The van der Waals surface area contributed by atoms with Crippen LogP contribution in [0.25, 0.3) is 0 Å². The predicted molar refractivity (Wildman–Crippen MR) is 87.4 cm³/mol. The maximum Gasteiger partial charge on any atom is 0.322 e. The number of likely N-dealkylation sites (tertiary alicyclic amines) is 1. The molecular weight excluding hydrogens is 321 g/mol. The molecule has 2 heterocycles. The summed E-state index contributed by atoms with van der Waals surface area (Å²) in [4.78, 5) is 16.7. The number of rotatable bonds is 3. The van der Waals surface area contributed by atoms with Crippen LogP contribution >= 0.6 is 11.6 Å². The molecule has 2 fully saturated rings. The standard InChI is InChI=1S/C16H21ClFN3O2/c17-12-8-13(18)10-14(9-12)19-16(22)21-3-1-2-15(21)11-20-4-6-23-7-5-20/h8-10,15H,1-7,11H2,(H,19,22)/t15-/m0/s1. The lowest BCUT2D eigenvalue weighted by Gasteiger charge is -2.32. The molecule has 0 spiro atoms. The van der Waals surface area contributed by atoms with Gasteiger partial charge in [0, 0.05) is 42.9 Å². The molecule has 1 aromatic carbocycles. The molecule has 2 aliphatic rings. The number of ether oxygens (including phenoxy) is 1. The maximum absolute atomic E-state index is 13.4. The van der Waals surface area contributed by atoms with Crippen LogP contribution < -0.4 is 5.32 Å². The lowest BCUT2D eigenvalue weighted by atomic mass is 10.2. The van der Waals surface area contributed by atoms with Crippen LogP contribution in [0, 0.1) is 5.82 Å². The first kappa shape index (κ1) is 16.5. The lowest BCUT2D eigenvalue weighted by molar-refractivity contribution is 0.0296. The smallest absolute Gasteiger partial charge is 0.322 e. The highest BCUT2D eigenvalue weighted by Gasteiger charge is 2.30. The molecule has 0 bridgehead atoms. The molecule has 0 saturated carbocycles. The van der Waals surface area contributed by atoms with E-state index in [-0.39, 0.29) is 17.1 Å². The number of hydrogen-bond donors (Lipinski definition) is 1. The molecule has 126 valence electrons. The minimum atomic E-state index is -0.459. The molecular formula is C16H21ClFN3O2. The Morgan fingerprint density at radius 3 is 2.83 bits per heavy atom. The Labute approximate surface area is 140 Å². The molecule has 0 aliphatic carbocycles. The summed E-state index contributed by atoms with van der Waals surface area (Å²) in [6.45, 7) is 4.91. The summed E-state index contributed by atoms with van der Waals surface area (Å²) in [6, 6.07) is 4.04. The molecule has 2 amide bonds. The van der Waals surface area contributed by atoms with Gasteiger partial charge in [-0.05, 0) is 31.0 Å². The van der Waals surface area contributed by atoms with E-state index in [1.165, 1.54) is 12.1 Å². The summed E-state index contributed by atoms with van der Waals surface area (Å²) >= 11 is 5.83. The number of anilines is 1. The topological polar surface area (TPSA) is 44.8 Å². The van der Waals surface area contributed by atoms with Gasteiger partial charge in [0.25, 0.3) is 0 Å². The van der Waals surface area contributed by atoms with Crippen molar-refractivity contribution in [3.8, 4) is 0 Å². The van der Waals surface area contributed by atoms with E-state index in [0.29, 0.717) is 5.69 Å². The molecule has 0 unspecified atom stereocenters. The molecule has 2 saturated heterocycles. The van der Waals surface area contributed by atoms with Gasteiger partial charge in [0.15, 0.2) is 0 Å². The highest BCUT2D eigenvalue weighted by atomic mass is 35.5. The van der Waals surface area contributed by atoms with E-state index < -0.39 is 5.82 Å². The molecule has 0 radical (unpaired) electrons. The van der Waals surface area contributed by atoms with Gasteiger partial charge in [0.2, 0.25) is 0 Å². The Bertz CT molecular complexity index is 546. The van der Waals surface area contributed by atoms with E-state index in [1.807, 2.05) is 4.90 Å². The summed E-state index contributed by atoms with van der Waals surface area (Å²) in [6.07, 6.45) is 1.99. The average Bonchev–Trinajstić information content (AvgIpc) is 2.95. The molecule has 1 atom stereocenters. The van der Waals surface area contributed by atoms with E-state index in [0.717, 1.165) is 52.2 Å². The number of morpholine rings is 1. The first-order chi connectivity index (χ1) is 11.1. The van der Waals surface area contributed by atoms with Crippen molar-refractivity contribution in [2.75, 3.05) is 44.7 Å². The number of urea groups is 1. The third-order valence-electron chi connectivity index (χ3n) is 4.32. The van der Waals surface area contributed by atoms with Crippen molar-refractivity contribution >= 4 is 23.3 Å². The van der Waals surface area contributed by atoms with Crippen LogP contribution in [0.5, 0.6) is 0 Å². The second kappa shape index (κ2) is 7.47. The fourth-order valence-electron chi connectivity index (χ4n) is 3.20. The maximum atomic E-state index is 13.4. The highest BCUT2D eigenvalue weighted by Crippen LogP contribution is 2.22. The Morgan fingerprint density at radius 1 is 1.30 bits per heavy atom.